The zero-order valence-electron chi connectivity index (χ0n) is 26.4. The predicted octanol–water partition coefficient (Wildman–Crippen LogP) is 7.03. The maximum absolute atomic E-state index is 15.3. The van der Waals surface area contributed by atoms with Crippen molar-refractivity contribution >= 4 is 34.1 Å². The van der Waals surface area contributed by atoms with Crippen molar-refractivity contribution in [3.05, 3.63) is 78.5 Å². The molecule has 0 bridgehead atoms. The number of carbonyl (C=O) groups is 2. The standard InChI is InChI=1S/C35H38F2N4O5/c1-5-41(6-2)16-7-17-45-32-20-28-26(19-31(32)44-4)29(14-15-38-28)46-30-13-12-25(18-27(30)37)40-34(43)35(21-22(35)3)33(42)39-24-10-8-23(36)9-11-24/h8-15,18-20,22H,5-7,16-17,21H2,1-4H3,(H,39,42)(H,40,43)/t22-,35+/m0/s1. The molecule has 9 nitrogen and oxygen atoms in total. The minimum absolute atomic E-state index is 0.0650. The van der Waals surface area contributed by atoms with E-state index >= 15 is 4.39 Å². The lowest BCUT2D eigenvalue weighted by atomic mass is 10.0. The van der Waals surface area contributed by atoms with Crippen molar-refractivity contribution in [1.29, 1.82) is 0 Å². The molecule has 46 heavy (non-hydrogen) atoms. The number of halogens is 2. The van der Waals surface area contributed by atoms with Crippen LogP contribution < -0.4 is 24.8 Å². The van der Waals surface area contributed by atoms with E-state index in [0.717, 1.165) is 32.1 Å². The van der Waals surface area contributed by atoms with Gasteiger partial charge in [0.05, 0.1) is 19.2 Å². The number of benzene rings is 3. The summed E-state index contributed by atoms with van der Waals surface area (Å²) in [5.74, 6) is -1.08. The van der Waals surface area contributed by atoms with Crippen LogP contribution in [0.1, 0.15) is 33.6 Å². The lowest BCUT2D eigenvalue weighted by molar-refractivity contribution is -0.131. The van der Waals surface area contributed by atoms with Crippen LogP contribution in [0.15, 0.2) is 66.9 Å². The van der Waals surface area contributed by atoms with Gasteiger partial charge in [-0.15, -0.1) is 0 Å². The van der Waals surface area contributed by atoms with Crippen LogP contribution in [-0.2, 0) is 9.59 Å². The Balaban J connectivity index is 1.27. The number of nitrogens with one attached hydrogen (secondary N) is 2. The molecular weight excluding hydrogens is 594 g/mol. The van der Waals surface area contributed by atoms with Gasteiger partial charge in [-0.2, -0.15) is 0 Å². The van der Waals surface area contributed by atoms with Crippen molar-refractivity contribution in [2.45, 2.75) is 33.6 Å². The van der Waals surface area contributed by atoms with Gasteiger partial charge in [-0.25, -0.2) is 8.78 Å². The first-order valence-electron chi connectivity index (χ1n) is 15.4. The van der Waals surface area contributed by atoms with Crippen LogP contribution in [0, 0.1) is 23.0 Å². The van der Waals surface area contributed by atoms with Gasteiger partial charge in [-0.05, 0) is 80.4 Å². The number of fused-ring (bicyclic) bond motifs is 1. The number of hydrogen-bond acceptors (Lipinski definition) is 7. The van der Waals surface area contributed by atoms with Gasteiger partial charge in [0.2, 0.25) is 11.8 Å². The number of anilines is 2. The molecular formula is C35H38F2N4O5. The number of ether oxygens (including phenoxy) is 3. The smallest absolute Gasteiger partial charge is 0.240 e. The first kappa shape index (κ1) is 32.6. The molecule has 1 heterocycles. The molecule has 2 amide bonds. The molecule has 2 atom stereocenters. The number of methoxy groups -OCH3 is 1. The monoisotopic (exact) mass is 632 g/mol. The van der Waals surface area contributed by atoms with Crippen LogP contribution in [0.25, 0.3) is 10.9 Å². The van der Waals surface area contributed by atoms with Gasteiger partial charge in [0, 0.05) is 41.6 Å². The number of hydrogen-bond donors (Lipinski definition) is 2. The van der Waals surface area contributed by atoms with E-state index in [1.54, 1.807) is 38.4 Å². The summed E-state index contributed by atoms with van der Waals surface area (Å²) in [6.45, 7) is 9.47. The minimum Gasteiger partial charge on any atom is -0.493 e. The molecule has 1 aliphatic rings. The second-order valence-corrected chi connectivity index (χ2v) is 11.3. The molecule has 11 heteroatoms. The molecule has 2 N–H and O–H groups in total. The molecule has 0 aliphatic heterocycles. The molecule has 1 fully saturated rings. The van der Waals surface area contributed by atoms with Crippen LogP contribution in [0.3, 0.4) is 0 Å². The van der Waals surface area contributed by atoms with E-state index in [4.69, 9.17) is 14.2 Å². The van der Waals surface area contributed by atoms with Gasteiger partial charge in [-0.1, -0.05) is 20.8 Å². The quantitative estimate of drug-likeness (QED) is 0.114. The normalized spacial score (nSPS) is 17.1. The Morgan fingerprint density at radius 2 is 1.59 bits per heavy atom. The summed E-state index contributed by atoms with van der Waals surface area (Å²) >= 11 is 0. The van der Waals surface area contributed by atoms with Crippen molar-refractivity contribution in [2.75, 3.05) is 44.0 Å². The lowest BCUT2D eigenvalue weighted by Gasteiger charge is -2.18. The fourth-order valence-electron chi connectivity index (χ4n) is 5.46. The first-order valence-corrected chi connectivity index (χ1v) is 15.4. The number of nitrogens with zero attached hydrogens (tertiary/aromatic N) is 2. The number of rotatable bonds is 14. The number of amides is 2. The van der Waals surface area contributed by atoms with Gasteiger partial charge in [0.1, 0.15) is 17.0 Å². The topological polar surface area (TPSA) is 102 Å². The fourth-order valence-corrected chi connectivity index (χ4v) is 5.46. The third-order valence-electron chi connectivity index (χ3n) is 8.39. The molecule has 0 saturated heterocycles. The van der Waals surface area contributed by atoms with E-state index in [0.29, 0.717) is 46.9 Å². The van der Waals surface area contributed by atoms with Gasteiger partial charge in [0.25, 0.3) is 0 Å². The van der Waals surface area contributed by atoms with Crippen molar-refractivity contribution in [3.63, 3.8) is 0 Å². The summed E-state index contributed by atoms with van der Waals surface area (Å²) in [4.78, 5) is 33.1. The molecule has 242 valence electrons. The highest BCUT2D eigenvalue weighted by Crippen LogP contribution is 2.53. The Kier molecular flexibility index (Phi) is 10.0. The van der Waals surface area contributed by atoms with E-state index in [1.165, 1.54) is 36.4 Å². The number of aromatic nitrogens is 1. The van der Waals surface area contributed by atoms with Gasteiger partial charge in [0.15, 0.2) is 23.1 Å². The first-order chi connectivity index (χ1) is 22.2. The second-order valence-electron chi connectivity index (χ2n) is 11.3. The molecule has 0 radical (unpaired) electrons. The highest BCUT2D eigenvalue weighted by molar-refractivity contribution is 6.17. The van der Waals surface area contributed by atoms with Crippen LogP contribution in [0.5, 0.6) is 23.0 Å². The minimum atomic E-state index is -1.32. The lowest BCUT2D eigenvalue weighted by Crippen LogP contribution is -2.37. The predicted molar refractivity (Wildman–Crippen MR) is 173 cm³/mol. The Morgan fingerprint density at radius 1 is 0.913 bits per heavy atom. The average Bonchev–Trinajstić information content (AvgIpc) is 3.75. The summed E-state index contributed by atoms with van der Waals surface area (Å²) in [5, 5.41) is 5.95. The summed E-state index contributed by atoms with van der Waals surface area (Å²) in [6, 6.07) is 14.5. The Bertz CT molecular complexity index is 1710. The van der Waals surface area contributed by atoms with E-state index in [-0.39, 0.29) is 17.4 Å². The fraction of sp³-hybridized carbons (Fsp3) is 0.343. The molecule has 0 spiro atoms. The molecule has 1 saturated carbocycles. The van der Waals surface area contributed by atoms with E-state index in [1.807, 2.05) is 0 Å². The van der Waals surface area contributed by atoms with Crippen LogP contribution in [0.2, 0.25) is 0 Å². The largest absolute Gasteiger partial charge is 0.493 e. The summed E-state index contributed by atoms with van der Waals surface area (Å²) in [5.41, 5.74) is -0.180. The highest BCUT2D eigenvalue weighted by Gasteiger charge is 2.63. The second kappa shape index (κ2) is 14.1. The van der Waals surface area contributed by atoms with Crippen molar-refractivity contribution < 1.29 is 32.6 Å². The van der Waals surface area contributed by atoms with E-state index < -0.39 is 28.9 Å². The van der Waals surface area contributed by atoms with E-state index in [9.17, 15) is 14.0 Å². The van der Waals surface area contributed by atoms with Crippen molar-refractivity contribution in [1.82, 2.24) is 9.88 Å². The average molecular weight is 633 g/mol. The zero-order valence-corrected chi connectivity index (χ0v) is 26.4. The summed E-state index contributed by atoms with van der Waals surface area (Å²) < 4.78 is 46.1. The zero-order chi connectivity index (χ0) is 32.8. The maximum atomic E-state index is 15.3. The van der Waals surface area contributed by atoms with Crippen molar-refractivity contribution in [3.8, 4) is 23.0 Å². The third kappa shape index (κ3) is 7.04. The van der Waals surface area contributed by atoms with Gasteiger partial charge in [-0.3, -0.25) is 14.6 Å². The van der Waals surface area contributed by atoms with Crippen LogP contribution in [-0.4, -0.2) is 55.0 Å². The third-order valence-corrected chi connectivity index (χ3v) is 8.39. The van der Waals surface area contributed by atoms with Crippen LogP contribution >= 0.6 is 0 Å². The van der Waals surface area contributed by atoms with Gasteiger partial charge >= 0.3 is 0 Å². The molecule has 1 aromatic heterocycles. The molecule has 3 aromatic carbocycles. The van der Waals surface area contributed by atoms with E-state index in [2.05, 4.69) is 34.4 Å². The molecule has 5 rings (SSSR count). The number of pyridine rings is 1. The molecule has 4 aromatic rings. The van der Waals surface area contributed by atoms with Crippen molar-refractivity contribution in [2.24, 2.45) is 11.3 Å². The SMILES string of the molecule is CCN(CC)CCCOc1cc2nccc(Oc3ccc(NC(=O)[C@]4(C(=O)Nc5ccc(F)cc5)C[C@@H]4C)cc3F)c2cc1OC. The molecule has 1 aliphatic carbocycles. The summed E-state index contributed by atoms with van der Waals surface area (Å²) in [7, 11) is 1.55. The van der Waals surface area contributed by atoms with Crippen LogP contribution in [0.4, 0.5) is 20.2 Å². The maximum Gasteiger partial charge on any atom is 0.240 e. The summed E-state index contributed by atoms with van der Waals surface area (Å²) in [6.07, 6.45) is 2.75. The Morgan fingerprint density at radius 3 is 2.22 bits per heavy atom. The Labute approximate surface area is 266 Å². The Hall–Kier alpha value is -4.77. The number of carbonyl (C=O) groups excluding carboxylic acids is 2. The molecule has 0 unspecified atom stereocenters. The van der Waals surface area contributed by atoms with Gasteiger partial charge < -0.3 is 29.7 Å². The highest BCUT2D eigenvalue weighted by atomic mass is 19.1.